The number of hydrogen-bond donors (Lipinski definition) is 2. The van der Waals surface area contributed by atoms with Crippen molar-refractivity contribution < 1.29 is 35.8 Å². The van der Waals surface area contributed by atoms with E-state index in [9.17, 15) is 26.3 Å². The van der Waals surface area contributed by atoms with E-state index >= 15 is 0 Å². The first-order valence-corrected chi connectivity index (χ1v) is 9.46. The van der Waals surface area contributed by atoms with Crippen LogP contribution in [-0.2, 0) is 12.4 Å². The lowest BCUT2D eigenvalue weighted by atomic mass is 10.1. The number of halogens is 6. The number of alkyl halides is 6. The summed E-state index contributed by atoms with van der Waals surface area (Å²) in [7, 11) is 0. The first-order valence-electron chi connectivity index (χ1n) is 9.46. The highest BCUT2D eigenvalue weighted by Crippen LogP contribution is 2.38. The molecule has 176 valence electrons. The van der Waals surface area contributed by atoms with Gasteiger partial charge in [-0.1, -0.05) is 0 Å². The normalized spacial score (nSPS) is 12.1. The van der Waals surface area contributed by atoms with E-state index in [1.54, 1.807) is 0 Å². The number of ether oxygens (including phenoxy) is 2. The molecule has 0 saturated carbocycles. The summed E-state index contributed by atoms with van der Waals surface area (Å²) < 4.78 is 89.3. The fourth-order valence-corrected chi connectivity index (χ4v) is 3.03. The van der Waals surface area contributed by atoms with Gasteiger partial charge in [-0.25, -0.2) is 9.97 Å². The van der Waals surface area contributed by atoms with Crippen LogP contribution in [0.4, 0.5) is 37.7 Å². The maximum absolute atomic E-state index is 13.1. The van der Waals surface area contributed by atoms with E-state index in [-0.39, 0.29) is 28.6 Å². The Hall–Kier alpha value is -4.22. The average Bonchev–Trinajstić information content (AvgIpc) is 2.74. The Kier molecular flexibility index (Phi) is 5.59. The number of hydrogen-bond acceptors (Lipinski definition) is 6. The molecule has 4 aromatic rings. The number of fused-ring (bicyclic) bond motifs is 1. The second kappa shape index (κ2) is 8.28. The van der Waals surface area contributed by atoms with Gasteiger partial charge in [0.15, 0.2) is 0 Å². The van der Waals surface area contributed by atoms with Crippen molar-refractivity contribution in [3.63, 3.8) is 0 Å². The zero-order chi connectivity index (χ0) is 24.7. The maximum Gasteiger partial charge on any atom is 0.418 e. The summed E-state index contributed by atoms with van der Waals surface area (Å²) in [6.45, 7) is 0. The summed E-state index contributed by atoms with van der Waals surface area (Å²) in [4.78, 5) is 8.30. The molecule has 4 N–H and O–H groups in total. The molecule has 0 radical (unpaired) electrons. The number of aromatic nitrogens is 2. The fourth-order valence-electron chi connectivity index (χ4n) is 3.03. The van der Waals surface area contributed by atoms with Crippen LogP contribution in [-0.4, -0.2) is 9.97 Å². The molecule has 0 unspecified atom stereocenters. The lowest BCUT2D eigenvalue weighted by Gasteiger charge is -2.13. The molecule has 0 aliphatic rings. The Morgan fingerprint density at radius 1 is 0.618 bits per heavy atom. The highest BCUT2D eigenvalue weighted by atomic mass is 19.4. The van der Waals surface area contributed by atoms with Crippen LogP contribution in [0.15, 0.2) is 60.8 Å². The molecule has 0 aliphatic heterocycles. The summed E-state index contributed by atoms with van der Waals surface area (Å²) >= 11 is 0. The van der Waals surface area contributed by atoms with Crippen LogP contribution in [0, 0.1) is 0 Å². The Labute approximate surface area is 187 Å². The van der Waals surface area contributed by atoms with Crippen molar-refractivity contribution in [3.8, 4) is 23.1 Å². The van der Waals surface area contributed by atoms with Crippen LogP contribution in [0.1, 0.15) is 11.1 Å². The zero-order valence-electron chi connectivity index (χ0n) is 16.9. The first kappa shape index (κ1) is 23.0. The fraction of sp³-hybridized carbons (Fsp3) is 0.0909. The highest BCUT2D eigenvalue weighted by molar-refractivity contribution is 5.76. The summed E-state index contributed by atoms with van der Waals surface area (Å²) in [6, 6.07) is 10.5. The molecule has 6 nitrogen and oxygen atoms in total. The van der Waals surface area contributed by atoms with Crippen molar-refractivity contribution in [1.29, 1.82) is 0 Å². The minimum Gasteiger partial charge on any atom is -0.457 e. The zero-order valence-corrected chi connectivity index (χ0v) is 16.9. The minimum absolute atomic E-state index is 0.109. The predicted octanol–water partition coefficient (Wildman–Crippen LogP) is 6.42. The van der Waals surface area contributed by atoms with Gasteiger partial charge in [-0.15, -0.1) is 0 Å². The van der Waals surface area contributed by atoms with Gasteiger partial charge in [0.2, 0.25) is 5.88 Å². The Bertz CT molecular complexity index is 1270. The number of benzene rings is 3. The first-order chi connectivity index (χ1) is 15.9. The van der Waals surface area contributed by atoms with E-state index < -0.39 is 34.9 Å². The van der Waals surface area contributed by atoms with Gasteiger partial charge < -0.3 is 20.9 Å². The molecule has 12 heteroatoms. The van der Waals surface area contributed by atoms with Crippen molar-refractivity contribution in [2.24, 2.45) is 0 Å². The second-order valence-corrected chi connectivity index (χ2v) is 7.06. The van der Waals surface area contributed by atoms with Crippen LogP contribution in [0.25, 0.3) is 11.0 Å². The van der Waals surface area contributed by atoms with Gasteiger partial charge in [-0.05, 0) is 48.5 Å². The van der Waals surface area contributed by atoms with E-state index in [0.29, 0.717) is 5.52 Å². The Balaban J connectivity index is 1.61. The van der Waals surface area contributed by atoms with Gasteiger partial charge >= 0.3 is 12.4 Å². The van der Waals surface area contributed by atoms with Crippen LogP contribution in [0.5, 0.6) is 23.1 Å². The minimum atomic E-state index is -4.67. The van der Waals surface area contributed by atoms with Crippen molar-refractivity contribution in [1.82, 2.24) is 9.97 Å². The molecule has 0 amide bonds. The van der Waals surface area contributed by atoms with E-state index in [2.05, 4.69) is 9.97 Å². The summed E-state index contributed by atoms with van der Waals surface area (Å²) in [5.74, 6) is -0.245. The lowest BCUT2D eigenvalue weighted by Crippen LogP contribution is -2.09. The molecular weight excluding hydrogens is 466 g/mol. The van der Waals surface area contributed by atoms with Crippen LogP contribution in [0.3, 0.4) is 0 Å². The van der Waals surface area contributed by atoms with E-state index in [0.717, 1.165) is 24.3 Å². The SMILES string of the molecule is Nc1ccc(Oc2ccc3ncc(Oc4ccc(N)c(C(F)(F)F)c4)nc3c2)cc1C(F)(F)F. The van der Waals surface area contributed by atoms with Crippen LogP contribution >= 0.6 is 0 Å². The molecule has 0 saturated heterocycles. The molecule has 0 bridgehead atoms. The summed E-state index contributed by atoms with van der Waals surface area (Å²) in [5.41, 5.74) is 8.39. The number of nitrogen functional groups attached to an aromatic ring is 2. The average molecular weight is 480 g/mol. The maximum atomic E-state index is 13.1. The molecule has 3 aromatic carbocycles. The molecule has 0 fully saturated rings. The molecule has 1 aromatic heterocycles. The van der Waals surface area contributed by atoms with Crippen molar-refractivity contribution in [2.45, 2.75) is 12.4 Å². The lowest BCUT2D eigenvalue weighted by molar-refractivity contribution is -0.137. The summed E-state index contributed by atoms with van der Waals surface area (Å²) in [5, 5.41) is 0. The van der Waals surface area contributed by atoms with E-state index in [1.807, 2.05) is 0 Å². The number of nitrogens with two attached hydrogens (primary N) is 2. The molecular formula is C22H14F6N4O2. The predicted molar refractivity (Wildman–Crippen MR) is 111 cm³/mol. The number of anilines is 2. The third kappa shape index (κ3) is 4.90. The quantitative estimate of drug-likeness (QED) is 0.259. The highest BCUT2D eigenvalue weighted by Gasteiger charge is 2.34. The van der Waals surface area contributed by atoms with Crippen molar-refractivity contribution in [2.75, 3.05) is 11.5 Å². The van der Waals surface area contributed by atoms with Crippen molar-refractivity contribution in [3.05, 3.63) is 71.9 Å². The molecule has 4 rings (SSSR count). The number of rotatable bonds is 4. The number of nitrogens with zero attached hydrogens (tertiary/aromatic N) is 2. The van der Waals surface area contributed by atoms with Crippen LogP contribution < -0.4 is 20.9 Å². The van der Waals surface area contributed by atoms with E-state index in [1.165, 1.54) is 36.5 Å². The van der Waals surface area contributed by atoms with Gasteiger partial charge in [0.25, 0.3) is 0 Å². The van der Waals surface area contributed by atoms with Gasteiger partial charge in [0.05, 0.1) is 28.4 Å². The monoisotopic (exact) mass is 480 g/mol. The van der Waals surface area contributed by atoms with E-state index in [4.69, 9.17) is 20.9 Å². The molecule has 0 spiro atoms. The summed E-state index contributed by atoms with van der Waals surface area (Å²) in [6.07, 6.45) is -8.11. The van der Waals surface area contributed by atoms with Gasteiger partial charge in [0, 0.05) is 17.4 Å². The van der Waals surface area contributed by atoms with Crippen molar-refractivity contribution >= 4 is 22.4 Å². The molecule has 34 heavy (non-hydrogen) atoms. The van der Waals surface area contributed by atoms with Gasteiger partial charge in [0.1, 0.15) is 17.2 Å². The molecule has 0 atom stereocenters. The third-order valence-electron chi connectivity index (χ3n) is 4.61. The van der Waals surface area contributed by atoms with Crippen LogP contribution in [0.2, 0.25) is 0 Å². The third-order valence-corrected chi connectivity index (χ3v) is 4.61. The second-order valence-electron chi connectivity index (χ2n) is 7.06. The molecule has 1 heterocycles. The largest absolute Gasteiger partial charge is 0.457 e. The standard InChI is InChI=1S/C22H14F6N4O2/c23-21(24,25)14-7-11(1-4-16(14)29)33-13-3-6-18-19(9-13)32-20(10-31-18)34-12-2-5-17(30)15(8-12)22(26,27)28/h1-10H,29-30H2. The van der Waals surface area contributed by atoms with Gasteiger partial charge in [-0.2, -0.15) is 26.3 Å². The molecule has 0 aliphatic carbocycles. The topological polar surface area (TPSA) is 96.3 Å². The Morgan fingerprint density at radius 3 is 1.68 bits per heavy atom. The Morgan fingerprint density at radius 2 is 1.12 bits per heavy atom. The smallest absolute Gasteiger partial charge is 0.418 e. The van der Waals surface area contributed by atoms with Gasteiger partial charge in [-0.3, -0.25) is 0 Å².